The first kappa shape index (κ1) is 13.6. The molecular weight excluding hydrogens is 281 g/mol. The van der Waals surface area contributed by atoms with Crippen LogP contribution in [0, 0.1) is 5.82 Å². The van der Waals surface area contributed by atoms with E-state index in [0.717, 1.165) is 10.4 Å². The van der Waals surface area contributed by atoms with Gasteiger partial charge in [0.1, 0.15) is 5.82 Å². The molecule has 1 saturated heterocycles. The number of ether oxygens (including phenoxy) is 2. The predicted molar refractivity (Wildman–Crippen MR) is 72.7 cm³/mol. The molecule has 0 radical (unpaired) electrons. The van der Waals surface area contributed by atoms with Crippen molar-refractivity contribution < 1.29 is 19.0 Å². The second-order valence-electron chi connectivity index (χ2n) is 4.60. The number of nitrogens with zero attached hydrogens (tertiary/aromatic N) is 1. The Morgan fingerprint density at radius 3 is 2.55 bits per heavy atom. The zero-order valence-corrected chi connectivity index (χ0v) is 11.7. The maximum Gasteiger partial charge on any atom is 0.219 e. The van der Waals surface area contributed by atoms with Crippen LogP contribution in [0.2, 0.25) is 0 Å². The third kappa shape index (κ3) is 2.35. The first-order chi connectivity index (χ1) is 9.62. The van der Waals surface area contributed by atoms with Crippen molar-refractivity contribution >= 4 is 11.3 Å². The van der Waals surface area contributed by atoms with E-state index in [0.29, 0.717) is 23.9 Å². The Bertz CT molecular complexity index is 605. The van der Waals surface area contributed by atoms with Gasteiger partial charge in [0.2, 0.25) is 5.79 Å². The molecule has 6 heteroatoms. The zero-order chi connectivity index (χ0) is 14.2. The number of aliphatic hydroxyl groups is 1. The minimum atomic E-state index is -0.854. The van der Waals surface area contributed by atoms with Gasteiger partial charge in [0.15, 0.2) is 5.01 Å². The van der Waals surface area contributed by atoms with E-state index in [2.05, 4.69) is 4.98 Å². The Labute approximate surface area is 119 Å². The molecule has 4 nitrogen and oxygen atoms in total. The Morgan fingerprint density at radius 2 is 1.95 bits per heavy atom. The first-order valence-corrected chi connectivity index (χ1v) is 7.09. The SMILES string of the molecule is CC1(c2nc(CO)c(-c3ccc(F)cc3)s2)OCCO1. The van der Waals surface area contributed by atoms with Crippen molar-refractivity contribution in [2.75, 3.05) is 13.2 Å². The Hall–Kier alpha value is -1.34. The molecule has 3 rings (SSSR count). The van der Waals surface area contributed by atoms with Crippen molar-refractivity contribution in [2.24, 2.45) is 0 Å². The highest BCUT2D eigenvalue weighted by Crippen LogP contribution is 2.39. The van der Waals surface area contributed by atoms with Crippen molar-refractivity contribution in [1.82, 2.24) is 4.98 Å². The number of thiazole rings is 1. The fourth-order valence-corrected chi connectivity index (χ4v) is 3.25. The van der Waals surface area contributed by atoms with Gasteiger partial charge in [0, 0.05) is 0 Å². The summed E-state index contributed by atoms with van der Waals surface area (Å²) in [6.07, 6.45) is 0. The number of hydrogen-bond acceptors (Lipinski definition) is 5. The van der Waals surface area contributed by atoms with Gasteiger partial charge in [-0.1, -0.05) is 12.1 Å². The summed E-state index contributed by atoms with van der Waals surface area (Å²) in [5.41, 5.74) is 1.37. The van der Waals surface area contributed by atoms with Crippen LogP contribution in [0.15, 0.2) is 24.3 Å². The molecule has 0 amide bonds. The van der Waals surface area contributed by atoms with E-state index in [1.165, 1.54) is 23.5 Å². The standard InChI is InChI=1S/C14H14FNO3S/c1-14(18-6-7-19-14)13-16-11(8-17)12(20-13)9-2-4-10(15)5-3-9/h2-5,17H,6-8H2,1H3. The topological polar surface area (TPSA) is 51.6 Å². The summed E-state index contributed by atoms with van der Waals surface area (Å²) in [7, 11) is 0. The number of aliphatic hydroxyl groups excluding tert-OH is 1. The lowest BCUT2D eigenvalue weighted by Crippen LogP contribution is -2.22. The predicted octanol–water partition coefficient (Wildman–Crippen LogP) is 2.66. The summed E-state index contributed by atoms with van der Waals surface area (Å²) in [4.78, 5) is 5.21. The summed E-state index contributed by atoms with van der Waals surface area (Å²) in [6.45, 7) is 2.68. The summed E-state index contributed by atoms with van der Waals surface area (Å²) in [6, 6.07) is 6.12. The maximum atomic E-state index is 13.0. The van der Waals surface area contributed by atoms with Gasteiger partial charge in [-0.3, -0.25) is 0 Å². The smallest absolute Gasteiger partial charge is 0.219 e. The van der Waals surface area contributed by atoms with E-state index >= 15 is 0 Å². The number of benzene rings is 1. The third-order valence-electron chi connectivity index (χ3n) is 3.18. The first-order valence-electron chi connectivity index (χ1n) is 6.27. The highest BCUT2D eigenvalue weighted by molar-refractivity contribution is 7.15. The van der Waals surface area contributed by atoms with Crippen LogP contribution in [0.4, 0.5) is 4.39 Å². The molecule has 0 bridgehead atoms. The molecule has 1 aliphatic rings. The quantitative estimate of drug-likeness (QED) is 0.946. The van der Waals surface area contributed by atoms with Crippen molar-refractivity contribution in [3.05, 3.63) is 40.8 Å². The molecule has 2 heterocycles. The molecule has 1 aromatic carbocycles. The van der Waals surface area contributed by atoms with E-state index < -0.39 is 5.79 Å². The number of hydrogen-bond donors (Lipinski definition) is 1. The molecular formula is C14H14FNO3S. The average molecular weight is 295 g/mol. The van der Waals surface area contributed by atoms with Crippen molar-refractivity contribution in [2.45, 2.75) is 19.3 Å². The summed E-state index contributed by atoms with van der Waals surface area (Å²) in [5, 5.41) is 10.1. The molecule has 0 saturated carbocycles. The van der Waals surface area contributed by atoms with Gasteiger partial charge in [-0.05, 0) is 24.6 Å². The zero-order valence-electron chi connectivity index (χ0n) is 10.9. The van der Waals surface area contributed by atoms with Gasteiger partial charge in [-0.15, -0.1) is 11.3 Å². The minimum absolute atomic E-state index is 0.181. The fraction of sp³-hybridized carbons (Fsp3) is 0.357. The largest absolute Gasteiger partial charge is 0.390 e. The highest BCUT2D eigenvalue weighted by Gasteiger charge is 2.37. The van der Waals surface area contributed by atoms with Gasteiger partial charge in [0.05, 0.1) is 30.4 Å². The highest BCUT2D eigenvalue weighted by atomic mass is 32.1. The van der Waals surface area contributed by atoms with Crippen molar-refractivity contribution in [3.8, 4) is 10.4 Å². The molecule has 1 fully saturated rings. The average Bonchev–Trinajstić information content (AvgIpc) is 3.07. The fourth-order valence-electron chi connectivity index (χ4n) is 2.12. The Morgan fingerprint density at radius 1 is 1.30 bits per heavy atom. The van der Waals surface area contributed by atoms with Crippen LogP contribution in [-0.2, 0) is 21.9 Å². The molecule has 1 aromatic heterocycles. The van der Waals surface area contributed by atoms with Crippen molar-refractivity contribution in [3.63, 3.8) is 0 Å². The van der Waals surface area contributed by atoms with E-state index in [-0.39, 0.29) is 12.4 Å². The van der Waals surface area contributed by atoms with Gasteiger partial charge >= 0.3 is 0 Å². The van der Waals surface area contributed by atoms with E-state index in [1.54, 1.807) is 12.1 Å². The van der Waals surface area contributed by atoms with Crippen LogP contribution in [0.3, 0.4) is 0 Å². The molecule has 2 aromatic rings. The normalized spacial score (nSPS) is 17.6. The molecule has 20 heavy (non-hydrogen) atoms. The monoisotopic (exact) mass is 295 g/mol. The van der Waals surface area contributed by atoms with Gasteiger partial charge < -0.3 is 14.6 Å². The number of halogens is 1. The molecule has 0 atom stereocenters. The summed E-state index contributed by atoms with van der Waals surface area (Å²) < 4.78 is 24.2. The molecule has 1 N–H and O–H groups in total. The second-order valence-corrected chi connectivity index (χ2v) is 5.60. The number of aromatic nitrogens is 1. The van der Waals surface area contributed by atoms with Gasteiger partial charge in [-0.2, -0.15) is 0 Å². The summed E-state index contributed by atoms with van der Waals surface area (Å²) in [5.74, 6) is -1.15. The van der Waals surface area contributed by atoms with Gasteiger partial charge in [-0.25, -0.2) is 9.37 Å². The molecule has 1 aliphatic heterocycles. The molecule has 106 valence electrons. The molecule has 0 aliphatic carbocycles. The van der Waals surface area contributed by atoms with Gasteiger partial charge in [0.25, 0.3) is 0 Å². The summed E-state index contributed by atoms with van der Waals surface area (Å²) >= 11 is 1.40. The van der Waals surface area contributed by atoms with Crippen molar-refractivity contribution in [1.29, 1.82) is 0 Å². The second kappa shape index (κ2) is 5.21. The Kier molecular flexibility index (Phi) is 3.55. The molecule has 0 spiro atoms. The molecule has 0 unspecified atom stereocenters. The van der Waals surface area contributed by atoms with Crippen LogP contribution < -0.4 is 0 Å². The lowest BCUT2D eigenvalue weighted by atomic mass is 10.1. The van der Waals surface area contributed by atoms with Crippen LogP contribution in [0.5, 0.6) is 0 Å². The third-order valence-corrected chi connectivity index (χ3v) is 4.51. The number of rotatable bonds is 3. The van der Waals surface area contributed by atoms with E-state index in [1.807, 2.05) is 6.92 Å². The van der Waals surface area contributed by atoms with Crippen LogP contribution in [0.1, 0.15) is 17.6 Å². The lowest BCUT2D eigenvalue weighted by Gasteiger charge is -2.18. The minimum Gasteiger partial charge on any atom is -0.390 e. The van der Waals surface area contributed by atoms with Crippen LogP contribution in [0.25, 0.3) is 10.4 Å². The maximum absolute atomic E-state index is 13.0. The van der Waals surface area contributed by atoms with E-state index in [9.17, 15) is 9.50 Å². The van der Waals surface area contributed by atoms with Crippen LogP contribution >= 0.6 is 11.3 Å². The lowest BCUT2D eigenvalue weighted by molar-refractivity contribution is -0.149. The van der Waals surface area contributed by atoms with E-state index in [4.69, 9.17) is 9.47 Å². The van der Waals surface area contributed by atoms with Crippen LogP contribution in [-0.4, -0.2) is 23.3 Å². The Balaban J connectivity index is 2.02.